The van der Waals surface area contributed by atoms with E-state index in [-0.39, 0.29) is 16.9 Å². The number of aryl methyl sites for hydroxylation is 1. The molecule has 1 N–H and O–H groups in total. The van der Waals surface area contributed by atoms with Crippen LogP contribution >= 0.6 is 11.6 Å². The zero-order valence-corrected chi connectivity index (χ0v) is 13.3. The Hall–Kier alpha value is -2.14. The molecular formula is C16H18ClN3O2. The predicted octanol–water partition coefficient (Wildman–Crippen LogP) is 2.91. The van der Waals surface area contributed by atoms with Gasteiger partial charge in [-0.3, -0.25) is 4.79 Å². The standard InChI is InChI=1S/C16H18ClN3O2/c1-3-13(22-15-8-14(17)19-10-20-15)16(21)18-9-12-7-5-4-6-11(12)2/h4-8,10,13H,3,9H2,1-2H3,(H,18,21). The minimum Gasteiger partial charge on any atom is -0.464 e. The minimum atomic E-state index is -0.616. The van der Waals surface area contributed by atoms with E-state index >= 15 is 0 Å². The van der Waals surface area contributed by atoms with Gasteiger partial charge in [0.2, 0.25) is 5.88 Å². The van der Waals surface area contributed by atoms with Gasteiger partial charge >= 0.3 is 0 Å². The van der Waals surface area contributed by atoms with Gasteiger partial charge in [0.25, 0.3) is 5.91 Å². The van der Waals surface area contributed by atoms with Gasteiger partial charge < -0.3 is 10.1 Å². The van der Waals surface area contributed by atoms with Crippen LogP contribution in [0.1, 0.15) is 24.5 Å². The van der Waals surface area contributed by atoms with Crippen molar-refractivity contribution in [3.8, 4) is 5.88 Å². The Bertz CT molecular complexity index is 649. The van der Waals surface area contributed by atoms with Crippen molar-refractivity contribution in [2.24, 2.45) is 0 Å². The first kappa shape index (κ1) is 16.2. The second-order valence-electron chi connectivity index (χ2n) is 4.84. The van der Waals surface area contributed by atoms with Crippen molar-refractivity contribution in [2.45, 2.75) is 32.9 Å². The molecule has 1 aromatic carbocycles. The van der Waals surface area contributed by atoms with Crippen molar-refractivity contribution in [2.75, 3.05) is 0 Å². The number of carbonyl (C=O) groups is 1. The Balaban J connectivity index is 1.96. The molecule has 0 saturated heterocycles. The fraction of sp³-hybridized carbons (Fsp3) is 0.312. The summed E-state index contributed by atoms with van der Waals surface area (Å²) >= 11 is 5.78. The molecule has 0 aliphatic carbocycles. The molecule has 2 rings (SSSR count). The van der Waals surface area contributed by atoms with Crippen LogP contribution in [0.3, 0.4) is 0 Å². The van der Waals surface area contributed by atoms with Gasteiger partial charge in [0.15, 0.2) is 6.10 Å². The molecule has 22 heavy (non-hydrogen) atoms. The topological polar surface area (TPSA) is 64.1 Å². The van der Waals surface area contributed by atoms with Gasteiger partial charge in [-0.05, 0) is 24.5 Å². The molecule has 1 unspecified atom stereocenters. The molecule has 0 aliphatic rings. The molecule has 116 valence electrons. The maximum absolute atomic E-state index is 12.2. The number of aromatic nitrogens is 2. The average molecular weight is 320 g/mol. The smallest absolute Gasteiger partial charge is 0.261 e. The van der Waals surface area contributed by atoms with Gasteiger partial charge in [0, 0.05) is 12.6 Å². The largest absolute Gasteiger partial charge is 0.464 e. The highest BCUT2D eigenvalue weighted by Gasteiger charge is 2.19. The molecule has 0 bridgehead atoms. The third-order valence-corrected chi connectivity index (χ3v) is 3.46. The molecule has 2 aromatic rings. The SMILES string of the molecule is CCC(Oc1cc(Cl)ncn1)C(=O)NCc1ccccc1C. The van der Waals surface area contributed by atoms with Gasteiger partial charge in [0.1, 0.15) is 11.5 Å². The van der Waals surface area contributed by atoms with Crippen molar-refractivity contribution < 1.29 is 9.53 Å². The van der Waals surface area contributed by atoms with Crippen LogP contribution in [-0.4, -0.2) is 22.0 Å². The van der Waals surface area contributed by atoms with E-state index in [1.807, 2.05) is 38.1 Å². The fourth-order valence-electron chi connectivity index (χ4n) is 1.95. The summed E-state index contributed by atoms with van der Waals surface area (Å²) in [6.07, 6.45) is 1.21. The number of ether oxygens (including phenoxy) is 1. The van der Waals surface area contributed by atoms with Crippen LogP contribution in [0.2, 0.25) is 5.15 Å². The maximum atomic E-state index is 12.2. The summed E-state index contributed by atoms with van der Waals surface area (Å²) < 4.78 is 5.58. The van der Waals surface area contributed by atoms with Crippen molar-refractivity contribution in [1.82, 2.24) is 15.3 Å². The molecule has 1 aromatic heterocycles. The second kappa shape index (κ2) is 7.75. The van der Waals surface area contributed by atoms with Crippen LogP contribution in [0.4, 0.5) is 0 Å². The average Bonchev–Trinajstić information content (AvgIpc) is 2.51. The van der Waals surface area contributed by atoms with Gasteiger partial charge in [0.05, 0.1) is 0 Å². The van der Waals surface area contributed by atoms with Crippen LogP contribution in [0.25, 0.3) is 0 Å². The highest BCUT2D eigenvalue weighted by molar-refractivity contribution is 6.29. The molecule has 0 spiro atoms. The van der Waals surface area contributed by atoms with E-state index in [0.29, 0.717) is 13.0 Å². The Morgan fingerprint density at radius 3 is 2.82 bits per heavy atom. The molecule has 0 aliphatic heterocycles. The van der Waals surface area contributed by atoms with E-state index < -0.39 is 6.10 Å². The molecular weight excluding hydrogens is 302 g/mol. The molecule has 1 atom stereocenters. The highest BCUT2D eigenvalue weighted by atomic mass is 35.5. The van der Waals surface area contributed by atoms with Gasteiger partial charge in [-0.2, -0.15) is 0 Å². The van der Waals surface area contributed by atoms with E-state index in [4.69, 9.17) is 16.3 Å². The van der Waals surface area contributed by atoms with Crippen molar-refractivity contribution in [1.29, 1.82) is 0 Å². The molecule has 0 radical (unpaired) electrons. The first-order chi connectivity index (χ1) is 10.6. The number of amides is 1. The number of rotatable bonds is 6. The number of halogens is 1. The summed E-state index contributed by atoms with van der Waals surface area (Å²) in [6, 6.07) is 9.40. The maximum Gasteiger partial charge on any atom is 0.261 e. The predicted molar refractivity (Wildman–Crippen MR) is 84.8 cm³/mol. The molecule has 5 nitrogen and oxygen atoms in total. The molecule has 1 amide bonds. The van der Waals surface area contributed by atoms with Gasteiger partial charge in [-0.25, -0.2) is 9.97 Å². The summed E-state index contributed by atoms with van der Waals surface area (Å²) in [5.41, 5.74) is 2.22. The summed E-state index contributed by atoms with van der Waals surface area (Å²) in [6.45, 7) is 4.36. The summed E-state index contributed by atoms with van der Waals surface area (Å²) in [4.78, 5) is 20.0. The lowest BCUT2D eigenvalue weighted by Gasteiger charge is -2.17. The van der Waals surface area contributed by atoms with Crippen LogP contribution in [0.15, 0.2) is 36.7 Å². The normalized spacial score (nSPS) is 11.8. The Morgan fingerprint density at radius 2 is 2.14 bits per heavy atom. The monoisotopic (exact) mass is 319 g/mol. The zero-order valence-electron chi connectivity index (χ0n) is 12.5. The molecule has 0 fully saturated rings. The van der Waals surface area contributed by atoms with E-state index in [1.54, 1.807) is 0 Å². The molecule has 0 saturated carbocycles. The van der Waals surface area contributed by atoms with Crippen LogP contribution < -0.4 is 10.1 Å². The van der Waals surface area contributed by atoms with Gasteiger partial charge in [-0.1, -0.05) is 42.8 Å². The first-order valence-electron chi connectivity index (χ1n) is 7.06. The van der Waals surface area contributed by atoms with E-state index in [2.05, 4.69) is 15.3 Å². The number of hydrogen-bond donors (Lipinski definition) is 1. The van der Waals surface area contributed by atoms with Crippen LogP contribution in [-0.2, 0) is 11.3 Å². The fourth-order valence-corrected chi connectivity index (χ4v) is 2.09. The summed E-state index contributed by atoms with van der Waals surface area (Å²) in [5, 5.41) is 3.16. The van der Waals surface area contributed by atoms with Gasteiger partial charge in [-0.15, -0.1) is 0 Å². The number of hydrogen-bond acceptors (Lipinski definition) is 4. The van der Waals surface area contributed by atoms with Crippen molar-refractivity contribution >= 4 is 17.5 Å². The summed E-state index contributed by atoms with van der Waals surface area (Å²) in [5.74, 6) is 0.110. The lowest BCUT2D eigenvalue weighted by Crippen LogP contribution is -2.37. The van der Waals surface area contributed by atoms with E-state index in [1.165, 1.54) is 12.4 Å². The van der Waals surface area contributed by atoms with Crippen molar-refractivity contribution in [3.05, 3.63) is 52.9 Å². The van der Waals surface area contributed by atoms with E-state index in [0.717, 1.165) is 11.1 Å². The number of benzene rings is 1. The first-order valence-corrected chi connectivity index (χ1v) is 7.44. The number of nitrogens with zero attached hydrogens (tertiary/aromatic N) is 2. The minimum absolute atomic E-state index is 0.180. The highest BCUT2D eigenvalue weighted by Crippen LogP contribution is 2.14. The zero-order chi connectivity index (χ0) is 15.9. The molecule has 1 heterocycles. The number of carbonyl (C=O) groups excluding carboxylic acids is 1. The lowest BCUT2D eigenvalue weighted by molar-refractivity contribution is -0.128. The number of nitrogens with one attached hydrogen (secondary N) is 1. The third-order valence-electron chi connectivity index (χ3n) is 3.25. The lowest BCUT2D eigenvalue weighted by atomic mass is 10.1. The second-order valence-corrected chi connectivity index (χ2v) is 5.23. The van der Waals surface area contributed by atoms with Crippen molar-refractivity contribution in [3.63, 3.8) is 0 Å². The third kappa shape index (κ3) is 4.43. The van der Waals surface area contributed by atoms with Crippen LogP contribution in [0, 0.1) is 6.92 Å². The Morgan fingerprint density at radius 1 is 1.36 bits per heavy atom. The Kier molecular flexibility index (Phi) is 5.72. The van der Waals surface area contributed by atoms with E-state index in [9.17, 15) is 4.79 Å². The summed E-state index contributed by atoms with van der Waals surface area (Å²) in [7, 11) is 0. The quantitative estimate of drug-likeness (QED) is 0.831. The van der Waals surface area contributed by atoms with Crippen LogP contribution in [0.5, 0.6) is 5.88 Å². The Labute approximate surface area is 134 Å². The molecule has 6 heteroatoms.